The van der Waals surface area contributed by atoms with Gasteiger partial charge in [-0.1, -0.05) is 158 Å². The van der Waals surface area contributed by atoms with Gasteiger partial charge in [0.05, 0.1) is 33.5 Å². The van der Waals surface area contributed by atoms with Crippen LogP contribution in [0.3, 0.4) is 0 Å². The van der Waals surface area contributed by atoms with Crippen molar-refractivity contribution >= 4 is 43.6 Å². The van der Waals surface area contributed by atoms with Crippen LogP contribution in [-0.4, -0.2) is 19.9 Å². The average Bonchev–Trinajstić information content (AvgIpc) is 3.31. The van der Waals surface area contributed by atoms with Crippen molar-refractivity contribution in [3.63, 3.8) is 0 Å². The summed E-state index contributed by atoms with van der Waals surface area (Å²) in [7, 11) is 0. The summed E-state index contributed by atoms with van der Waals surface area (Å²) in [6, 6.07) is 68.2. The van der Waals surface area contributed by atoms with Gasteiger partial charge in [0.25, 0.3) is 0 Å². The molecule has 58 heavy (non-hydrogen) atoms. The summed E-state index contributed by atoms with van der Waals surface area (Å²) in [5.41, 5.74) is 16.7. The van der Waals surface area contributed by atoms with E-state index in [9.17, 15) is 0 Å². The predicted molar refractivity (Wildman–Crippen MR) is 240 cm³/mol. The molecule has 0 saturated carbocycles. The summed E-state index contributed by atoms with van der Waals surface area (Å²) in [6.07, 6.45) is 3.92. The number of hydrogen-bond donors (Lipinski definition) is 0. The van der Waals surface area contributed by atoms with Crippen LogP contribution in [0.1, 0.15) is 0 Å². The molecule has 0 aliphatic heterocycles. The first kappa shape index (κ1) is 33.5. The molecule has 4 nitrogen and oxygen atoms in total. The zero-order valence-corrected chi connectivity index (χ0v) is 31.4. The highest BCUT2D eigenvalue weighted by molar-refractivity contribution is 6.05. The molecule has 7 aromatic carbocycles. The summed E-state index contributed by atoms with van der Waals surface area (Å²) in [5.74, 6) is 0. The second-order valence-electron chi connectivity index (χ2n) is 14.7. The summed E-state index contributed by atoms with van der Waals surface area (Å²) >= 11 is 0. The minimum absolute atomic E-state index is 0.899. The summed E-state index contributed by atoms with van der Waals surface area (Å²) in [6.45, 7) is 0. The van der Waals surface area contributed by atoms with Gasteiger partial charge in [0, 0.05) is 56.2 Å². The van der Waals surface area contributed by atoms with Crippen LogP contribution < -0.4 is 0 Å². The van der Waals surface area contributed by atoms with E-state index >= 15 is 0 Å². The zero-order valence-electron chi connectivity index (χ0n) is 31.4. The Hall–Kier alpha value is -7.82. The number of nitrogens with zero attached hydrogens (tertiary/aromatic N) is 4. The lowest BCUT2D eigenvalue weighted by molar-refractivity contribution is 1.36. The van der Waals surface area contributed by atoms with E-state index in [0.29, 0.717) is 0 Å². The van der Waals surface area contributed by atoms with Crippen LogP contribution in [-0.2, 0) is 0 Å². The van der Waals surface area contributed by atoms with Gasteiger partial charge >= 0.3 is 0 Å². The van der Waals surface area contributed by atoms with Crippen molar-refractivity contribution in [1.29, 1.82) is 0 Å². The third-order valence-electron chi connectivity index (χ3n) is 11.1. The van der Waals surface area contributed by atoms with Crippen molar-refractivity contribution in [2.75, 3.05) is 0 Å². The van der Waals surface area contributed by atoms with E-state index < -0.39 is 0 Å². The maximum atomic E-state index is 5.15. The third-order valence-corrected chi connectivity index (χ3v) is 11.1. The maximum Gasteiger partial charge on any atom is 0.0972 e. The van der Waals surface area contributed by atoms with E-state index in [0.717, 1.165) is 88.4 Å². The van der Waals surface area contributed by atoms with Crippen LogP contribution in [0.25, 0.3) is 111 Å². The van der Waals surface area contributed by atoms with Crippen molar-refractivity contribution < 1.29 is 0 Å². The standard InChI is InChI=1S/C54H34N4/c1-3-9-35(10-4-1)41-13-7-15-43(29-41)49-27-25-39-21-23-45-31-47(33-55-51(45)53(39)57-49)37-17-19-38(20-18-37)48-32-46-24-22-40-26-28-50(58-54(40)52(46)56-34-48)44-16-8-14-42(30-44)36-11-5-2-6-12-36/h1-34H. The molecule has 270 valence electrons. The van der Waals surface area contributed by atoms with Gasteiger partial charge in [0.2, 0.25) is 0 Å². The normalized spacial score (nSPS) is 11.4. The molecule has 0 radical (unpaired) electrons. The summed E-state index contributed by atoms with van der Waals surface area (Å²) in [5, 5.41) is 4.26. The van der Waals surface area contributed by atoms with Crippen LogP contribution >= 0.6 is 0 Å². The topological polar surface area (TPSA) is 51.6 Å². The van der Waals surface area contributed by atoms with Crippen LogP contribution in [0.5, 0.6) is 0 Å². The van der Waals surface area contributed by atoms with Gasteiger partial charge in [-0.3, -0.25) is 9.97 Å². The molecule has 0 unspecified atom stereocenters. The largest absolute Gasteiger partial charge is 0.253 e. The molecule has 0 N–H and O–H groups in total. The van der Waals surface area contributed by atoms with Crippen LogP contribution in [0.4, 0.5) is 0 Å². The first-order chi connectivity index (χ1) is 28.7. The molecule has 4 aromatic heterocycles. The van der Waals surface area contributed by atoms with Gasteiger partial charge < -0.3 is 0 Å². The predicted octanol–water partition coefficient (Wildman–Crippen LogP) is 13.9. The quantitative estimate of drug-likeness (QED) is 0.159. The minimum Gasteiger partial charge on any atom is -0.253 e. The molecule has 11 rings (SSSR count). The van der Waals surface area contributed by atoms with Crippen molar-refractivity contribution in [2.45, 2.75) is 0 Å². The Balaban J connectivity index is 0.880. The SMILES string of the molecule is c1ccc(-c2cccc(-c3ccc4ccc5cc(-c6ccc(-c7cnc8c(ccc9ccc(-c%10cccc(-c%11ccccc%11)c%10)nc98)c7)cc6)cnc5c4n3)c2)cc1. The zero-order chi connectivity index (χ0) is 38.4. The molecule has 0 aliphatic carbocycles. The number of hydrogen-bond acceptors (Lipinski definition) is 4. The molecule has 0 atom stereocenters. The Morgan fingerprint density at radius 1 is 0.224 bits per heavy atom. The summed E-state index contributed by atoms with van der Waals surface area (Å²) < 4.78 is 0. The van der Waals surface area contributed by atoms with Crippen molar-refractivity contribution in [3.8, 4) is 67.0 Å². The smallest absolute Gasteiger partial charge is 0.0972 e. The molecule has 0 fully saturated rings. The van der Waals surface area contributed by atoms with Gasteiger partial charge in [0.15, 0.2) is 0 Å². The minimum atomic E-state index is 0.899. The third kappa shape index (κ3) is 6.14. The molecule has 4 heteroatoms. The Morgan fingerprint density at radius 2 is 0.586 bits per heavy atom. The van der Waals surface area contributed by atoms with E-state index in [1.54, 1.807) is 0 Å². The average molecular weight is 739 g/mol. The lowest BCUT2D eigenvalue weighted by Crippen LogP contribution is -1.91. The molecular weight excluding hydrogens is 705 g/mol. The maximum absolute atomic E-state index is 5.15. The first-order valence-electron chi connectivity index (χ1n) is 19.5. The van der Waals surface area contributed by atoms with Crippen LogP contribution in [0.2, 0.25) is 0 Å². The van der Waals surface area contributed by atoms with Crippen molar-refractivity contribution in [1.82, 2.24) is 19.9 Å². The summed E-state index contributed by atoms with van der Waals surface area (Å²) in [4.78, 5) is 20.3. The Bertz CT molecular complexity index is 3100. The van der Waals surface area contributed by atoms with Crippen molar-refractivity contribution in [3.05, 3.63) is 207 Å². The molecule has 0 saturated heterocycles. The highest BCUT2D eigenvalue weighted by atomic mass is 14.8. The number of fused-ring (bicyclic) bond motifs is 6. The number of benzene rings is 7. The number of pyridine rings is 4. The van der Waals surface area contributed by atoms with E-state index in [1.165, 1.54) is 22.3 Å². The van der Waals surface area contributed by atoms with E-state index in [-0.39, 0.29) is 0 Å². The fraction of sp³-hybridized carbons (Fsp3) is 0. The van der Waals surface area contributed by atoms with Gasteiger partial charge in [-0.15, -0.1) is 0 Å². The molecule has 0 bridgehead atoms. The molecule has 0 aliphatic rings. The fourth-order valence-corrected chi connectivity index (χ4v) is 8.03. The van der Waals surface area contributed by atoms with Crippen LogP contribution in [0.15, 0.2) is 207 Å². The van der Waals surface area contributed by atoms with Gasteiger partial charge in [-0.2, -0.15) is 0 Å². The second kappa shape index (κ2) is 14.0. The van der Waals surface area contributed by atoms with Gasteiger partial charge in [-0.05, 0) is 69.8 Å². The number of aromatic nitrogens is 4. The van der Waals surface area contributed by atoms with E-state index in [4.69, 9.17) is 19.9 Å². The molecule has 0 amide bonds. The Labute approximate surface area is 335 Å². The van der Waals surface area contributed by atoms with E-state index in [2.05, 4.69) is 182 Å². The van der Waals surface area contributed by atoms with Gasteiger partial charge in [-0.25, -0.2) is 9.97 Å². The first-order valence-corrected chi connectivity index (χ1v) is 19.5. The highest BCUT2D eigenvalue weighted by Gasteiger charge is 2.12. The Morgan fingerprint density at radius 3 is 1.03 bits per heavy atom. The lowest BCUT2D eigenvalue weighted by Gasteiger charge is -2.10. The number of rotatable bonds is 6. The van der Waals surface area contributed by atoms with E-state index in [1.807, 2.05) is 24.5 Å². The van der Waals surface area contributed by atoms with Crippen molar-refractivity contribution in [2.24, 2.45) is 0 Å². The van der Waals surface area contributed by atoms with Crippen LogP contribution in [0, 0.1) is 0 Å². The lowest BCUT2D eigenvalue weighted by atomic mass is 9.99. The van der Waals surface area contributed by atoms with Gasteiger partial charge in [0.1, 0.15) is 0 Å². The molecule has 11 aromatic rings. The second-order valence-corrected chi connectivity index (χ2v) is 14.7. The fourth-order valence-electron chi connectivity index (χ4n) is 8.03. The molecule has 4 heterocycles. The molecule has 0 spiro atoms. The monoisotopic (exact) mass is 738 g/mol. The Kier molecular flexibility index (Phi) is 8.11. The molecular formula is C54H34N4. The highest BCUT2D eigenvalue weighted by Crippen LogP contribution is 2.34.